The highest BCUT2D eigenvalue weighted by molar-refractivity contribution is 8.18. The summed E-state index contributed by atoms with van der Waals surface area (Å²) >= 11 is 13.3. The highest BCUT2D eigenvalue weighted by Crippen LogP contribution is 2.36. The summed E-state index contributed by atoms with van der Waals surface area (Å²) < 4.78 is 11.8. The van der Waals surface area contributed by atoms with E-state index in [0.29, 0.717) is 45.5 Å². The number of carbonyl (C=O) groups excluding carboxylic acids is 1. The Morgan fingerprint density at radius 3 is 2.62 bits per heavy atom. The Morgan fingerprint density at radius 1 is 1.09 bits per heavy atom. The maximum absolute atomic E-state index is 12.8. The van der Waals surface area contributed by atoms with Crippen LogP contribution in [0.3, 0.4) is 0 Å². The average molecular weight is 514 g/mol. The molecule has 9 heteroatoms. The highest BCUT2D eigenvalue weighted by atomic mass is 35.5. The Balaban J connectivity index is 1.54. The molecule has 2 heterocycles. The van der Waals surface area contributed by atoms with Gasteiger partial charge in [-0.2, -0.15) is 0 Å². The SMILES string of the molecule is CCOc1cc(/C=C2\SC(=Nc3cccnc3Cl)N(C)C2=O)ccc1OCc1ccc(Cl)cc1. The Bertz CT molecular complexity index is 1260. The Morgan fingerprint density at radius 2 is 1.88 bits per heavy atom. The molecule has 0 radical (unpaired) electrons. The fourth-order valence-corrected chi connectivity index (χ4v) is 4.38. The molecule has 1 aliphatic rings. The van der Waals surface area contributed by atoms with E-state index in [4.69, 9.17) is 32.7 Å². The summed E-state index contributed by atoms with van der Waals surface area (Å²) in [5, 5.41) is 1.49. The summed E-state index contributed by atoms with van der Waals surface area (Å²) in [6.45, 7) is 2.77. The smallest absolute Gasteiger partial charge is 0.266 e. The van der Waals surface area contributed by atoms with Crippen molar-refractivity contribution in [3.05, 3.63) is 87.0 Å². The van der Waals surface area contributed by atoms with Crippen LogP contribution in [0.2, 0.25) is 10.2 Å². The number of carbonyl (C=O) groups is 1. The first-order valence-corrected chi connectivity index (χ1v) is 12.0. The standard InChI is InChI=1S/C25H21Cl2N3O3S/c1-3-32-21-13-17(8-11-20(21)33-15-16-6-9-18(26)10-7-16)14-22-24(31)30(2)25(34-22)29-19-5-4-12-28-23(19)27/h4-14H,3,15H2,1-2H3/b22-14-,29-25?. The van der Waals surface area contributed by atoms with Crippen LogP contribution in [0.15, 0.2) is 70.7 Å². The first-order valence-electron chi connectivity index (χ1n) is 10.5. The van der Waals surface area contributed by atoms with Gasteiger partial charge in [0, 0.05) is 18.3 Å². The summed E-state index contributed by atoms with van der Waals surface area (Å²) in [4.78, 5) is 23.4. The van der Waals surface area contributed by atoms with E-state index in [1.165, 1.54) is 16.7 Å². The van der Waals surface area contributed by atoms with Gasteiger partial charge in [0.1, 0.15) is 12.3 Å². The first kappa shape index (κ1) is 24.1. The van der Waals surface area contributed by atoms with Crippen LogP contribution in [0.4, 0.5) is 5.69 Å². The third-order valence-electron chi connectivity index (χ3n) is 4.83. The van der Waals surface area contributed by atoms with Crippen molar-refractivity contribution < 1.29 is 14.3 Å². The van der Waals surface area contributed by atoms with Gasteiger partial charge in [-0.05, 0) is 72.3 Å². The van der Waals surface area contributed by atoms with Gasteiger partial charge in [0.15, 0.2) is 21.8 Å². The fraction of sp³-hybridized carbons (Fsp3) is 0.160. The molecule has 2 aromatic carbocycles. The van der Waals surface area contributed by atoms with Gasteiger partial charge in [-0.3, -0.25) is 9.69 Å². The van der Waals surface area contributed by atoms with Crippen LogP contribution in [0.25, 0.3) is 6.08 Å². The quantitative estimate of drug-likeness (QED) is 0.263. The number of aromatic nitrogens is 1. The van der Waals surface area contributed by atoms with E-state index in [9.17, 15) is 4.79 Å². The molecular formula is C25H21Cl2N3O3S. The molecule has 34 heavy (non-hydrogen) atoms. The lowest BCUT2D eigenvalue weighted by atomic mass is 10.1. The number of halogens is 2. The minimum Gasteiger partial charge on any atom is -0.490 e. The van der Waals surface area contributed by atoms with E-state index >= 15 is 0 Å². The number of nitrogens with zero attached hydrogens (tertiary/aromatic N) is 3. The molecule has 1 aromatic heterocycles. The number of pyridine rings is 1. The lowest BCUT2D eigenvalue weighted by Gasteiger charge is -2.13. The Kier molecular flexibility index (Phi) is 7.77. The lowest BCUT2D eigenvalue weighted by molar-refractivity contribution is -0.121. The monoisotopic (exact) mass is 513 g/mol. The summed E-state index contributed by atoms with van der Waals surface area (Å²) in [7, 11) is 1.68. The van der Waals surface area contributed by atoms with Crippen molar-refractivity contribution in [2.24, 2.45) is 4.99 Å². The third-order valence-corrected chi connectivity index (χ3v) is 6.44. The zero-order valence-electron chi connectivity index (χ0n) is 18.5. The maximum Gasteiger partial charge on any atom is 0.266 e. The second-order valence-corrected chi connectivity index (χ2v) is 9.04. The van der Waals surface area contributed by atoms with Crippen molar-refractivity contribution in [3.63, 3.8) is 0 Å². The molecule has 1 fully saturated rings. The van der Waals surface area contributed by atoms with E-state index in [0.717, 1.165) is 11.1 Å². The number of rotatable bonds is 7. The number of amidine groups is 1. The molecule has 0 N–H and O–H groups in total. The van der Waals surface area contributed by atoms with Crippen LogP contribution in [-0.4, -0.2) is 34.6 Å². The number of ether oxygens (including phenoxy) is 2. The Labute approximate surface area is 212 Å². The van der Waals surface area contributed by atoms with Crippen molar-refractivity contribution in [2.45, 2.75) is 13.5 Å². The van der Waals surface area contributed by atoms with Gasteiger partial charge in [-0.25, -0.2) is 9.98 Å². The number of hydrogen-bond acceptors (Lipinski definition) is 6. The molecule has 0 bridgehead atoms. The number of aliphatic imine (C=N–C) groups is 1. The second-order valence-electron chi connectivity index (χ2n) is 7.24. The molecule has 1 saturated heterocycles. The van der Waals surface area contributed by atoms with E-state index in [1.54, 1.807) is 25.4 Å². The highest BCUT2D eigenvalue weighted by Gasteiger charge is 2.30. The van der Waals surface area contributed by atoms with Crippen molar-refractivity contribution in [2.75, 3.05) is 13.7 Å². The van der Waals surface area contributed by atoms with E-state index in [1.807, 2.05) is 55.5 Å². The van der Waals surface area contributed by atoms with E-state index in [2.05, 4.69) is 9.98 Å². The molecule has 1 aliphatic heterocycles. The average Bonchev–Trinajstić information content (AvgIpc) is 3.09. The zero-order chi connectivity index (χ0) is 24.1. The molecule has 4 rings (SSSR count). The zero-order valence-corrected chi connectivity index (χ0v) is 20.8. The van der Waals surface area contributed by atoms with Crippen LogP contribution in [0.5, 0.6) is 11.5 Å². The van der Waals surface area contributed by atoms with Crippen LogP contribution >= 0.6 is 35.0 Å². The van der Waals surface area contributed by atoms with E-state index in [-0.39, 0.29) is 11.1 Å². The number of likely N-dealkylation sites (N-methyl/N-ethyl adjacent to an activating group) is 1. The fourth-order valence-electron chi connectivity index (χ4n) is 3.11. The number of benzene rings is 2. The first-order chi connectivity index (χ1) is 16.4. The number of amides is 1. The topological polar surface area (TPSA) is 64.0 Å². The largest absolute Gasteiger partial charge is 0.490 e. The lowest BCUT2D eigenvalue weighted by Crippen LogP contribution is -2.23. The normalized spacial score (nSPS) is 15.9. The van der Waals surface area contributed by atoms with Crippen molar-refractivity contribution in [3.8, 4) is 11.5 Å². The molecule has 3 aromatic rings. The van der Waals surface area contributed by atoms with Gasteiger partial charge in [0.2, 0.25) is 0 Å². The molecule has 174 valence electrons. The van der Waals surface area contributed by atoms with Gasteiger partial charge >= 0.3 is 0 Å². The molecule has 0 saturated carbocycles. The molecular weight excluding hydrogens is 493 g/mol. The summed E-state index contributed by atoms with van der Waals surface area (Å²) in [5.74, 6) is 1.07. The maximum atomic E-state index is 12.8. The second kappa shape index (κ2) is 11.0. The molecule has 0 aliphatic carbocycles. The predicted molar refractivity (Wildman–Crippen MR) is 138 cm³/mol. The van der Waals surface area contributed by atoms with E-state index < -0.39 is 0 Å². The van der Waals surface area contributed by atoms with Crippen LogP contribution in [0, 0.1) is 0 Å². The molecule has 6 nitrogen and oxygen atoms in total. The molecule has 0 unspecified atom stereocenters. The number of thioether (sulfide) groups is 1. The predicted octanol–water partition coefficient (Wildman–Crippen LogP) is 6.60. The van der Waals surface area contributed by atoms with Crippen molar-refractivity contribution in [1.82, 2.24) is 9.88 Å². The number of hydrogen-bond donors (Lipinski definition) is 0. The minimum atomic E-state index is -0.148. The van der Waals surface area contributed by atoms with Gasteiger partial charge < -0.3 is 9.47 Å². The third kappa shape index (κ3) is 5.73. The van der Waals surface area contributed by atoms with Crippen molar-refractivity contribution >= 4 is 57.8 Å². The minimum absolute atomic E-state index is 0.148. The summed E-state index contributed by atoms with van der Waals surface area (Å²) in [6.07, 6.45) is 3.40. The van der Waals surface area contributed by atoms with Crippen molar-refractivity contribution in [1.29, 1.82) is 0 Å². The van der Waals surface area contributed by atoms with Crippen LogP contribution < -0.4 is 9.47 Å². The van der Waals surface area contributed by atoms with Gasteiger partial charge in [0.05, 0.1) is 11.5 Å². The summed E-state index contributed by atoms with van der Waals surface area (Å²) in [6, 6.07) is 16.6. The van der Waals surface area contributed by atoms with Gasteiger partial charge in [-0.1, -0.05) is 41.4 Å². The molecule has 0 atom stereocenters. The van der Waals surface area contributed by atoms with Crippen LogP contribution in [-0.2, 0) is 11.4 Å². The van der Waals surface area contributed by atoms with Gasteiger partial charge in [0.25, 0.3) is 5.91 Å². The molecule has 1 amide bonds. The van der Waals surface area contributed by atoms with Gasteiger partial charge in [-0.15, -0.1) is 0 Å². The Hall–Kier alpha value is -3.00. The summed E-state index contributed by atoms with van der Waals surface area (Å²) in [5.41, 5.74) is 2.31. The van der Waals surface area contributed by atoms with Crippen LogP contribution in [0.1, 0.15) is 18.1 Å². The molecule has 0 spiro atoms.